The average molecular weight is 265 g/mol. The lowest BCUT2D eigenvalue weighted by molar-refractivity contribution is 0.198. The maximum absolute atomic E-state index is 5.93. The number of piperidine rings is 1. The quantitative estimate of drug-likeness (QED) is 0.833. The second-order valence-corrected chi connectivity index (χ2v) is 4.90. The highest BCUT2D eigenvalue weighted by molar-refractivity contribution is 5.66. The Kier molecular flexibility index (Phi) is 4.79. The Labute approximate surface area is 114 Å². The van der Waals surface area contributed by atoms with Crippen LogP contribution < -0.4 is 15.8 Å². The van der Waals surface area contributed by atoms with Crippen molar-refractivity contribution in [3.05, 3.63) is 6.33 Å². The van der Waals surface area contributed by atoms with Gasteiger partial charge in [0.1, 0.15) is 12.0 Å². The molecule has 0 saturated carbocycles. The molecule has 2 heterocycles. The van der Waals surface area contributed by atoms with E-state index < -0.39 is 0 Å². The maximum atomic E-state index is 5.93. The second-order valence-electron chi connectivity index (χ2n) is 4.90. The predicted molar refractivity (Wildman–Crippen MR) is 76.3 cm³/mol. The molecule has 1 aromatic rings. The van der Waals surface area contributed by atoms with Gasteiger partial charge in [-0.15, -0.1) is 0 Å². The normalized spacial score (nSPS) is 17.4. The summed E-state index contributed by atoms with van der Waals surface area (Å²) in [6, 6.07) is 0. The Hall–Kier alpha value is -1.56. The van der Waals surface area contributed by atoms with Crippen LogP contribution in [0.5, 0.6) is 5.88 Å². The molecule has 1 aliphatic heterocycles. The Bertz CT molecular complexity index is 404. The van der Waals surface area contributed by atoms with Crippen molar-refractivity contribution >= 4 is 11.5 Å². The average Bonchev–Trinajstić information content (AvgIpc) is 2.47. The van der Waals surface area contributed by atoms with E-state index in [-0.39, 0.29) is 0 Å². The fraction of sp³-hybridized carbons (Fsp3) is 0.692. The van der Waals surface area contributed by atoms with Crippen molar-refractivity contribution in [1.29, 1.82) is 0 Å². The van der Waals surface area contributed by atoms with Gasteiger partial charge in [0.2, 0.25) is 5.88 Å². The van der Waals surface area contributed by atoms with Crippen LogP contribution in [0, 0.1) is 5.92 Å². The smallest absolute Gasteiger partial charge is 0.242 e. The summed E-state index contributed by atoms with van der Waals surface area (Å²) in [5.74, 6) is 1.78. The summed E-state index contributed by atoms with van der Waals surface area (Å²) in [6.07, 6.45) is 3.92. The lowest BCUT2D eigenvalue weighted by Gasteiger charge is -2.31. The van der Waals surface area contributed by atoms with Crippen LogP contribution in [0.15, 0.2) is 6.33 Å². The summed E-state index contributed by atoms with van der Waals surface area (Å²) < 4.78 is 5.08. The minimum Gasteiger partial charge on any atom is -0.479 e. The Morgan fingerprint density at radius 3 is 2.79 bits per heavy atom. The van der Waals surface area contributed by atoms with Gasteiger partial charge in [-0.3, -0.25) is 0 Å². The molecule has 1 aromatic heterocycles. The molecule has 3 N–H and O–H groups in total. The molecule has 0 radical (unpaired) electrons. The number of aromatic nitrogens is 2. The van der Waals surface area contributed by atoms with Gasteiger partial charge in [-0.25, -0.2) is 4.98 Å². The standard InChI is InChI=1S/C13H23N5O/c1-3-18-6-4-10(5-7-18)8-15-12-11(14)13(19-2)17-9-16-12/h9-10H,3-8,14H2,1-2H3,(H,15,16,17). The largest absolute Gasteiger partial charge is 0.479 e. The van der Waals surface area contributed by atoms with E-state index >= 15 is 0 Å². The molecule has 0 amide bonds. The summed E-state index contributed by atoms with van der Waals surface area (Å²) in [7, 11) is 1.56. The fourth-order valence-corrected chi connectivity index (χ4v) is 2.43. The number of ether oxygens (including phenoxy) is 1. The number of nitrogens with zero attached hydrogens (tertiary/aromatic N) is 3. The van der Waals surface area contributed by atoms with Crippen molar-refractivity contribution < 1.29 is 4.74 Å². The second kappa shape index (κ2) is 6.56. The van der Waals surface area contributed by atoms with Crippen molar-refractivity contribution in [2.24, 2.45) is 5.92 Å². The Morgan fingerprint density at radius 1 is 1.42 bits per heavy atom. The van der Waals surface area contributed by atoms with E-state index in [1.165, 1.54) is 32.3 Å². The monoisotopic (exact) mass is 265 g/mol. The molecule has 0 unspecified atom stereocenters. The molecule has 1 fully saturated rings. The van der Waals surface area contributed by atoms with Gasteiger partial charge < -0.3 is 20.7 Å². The van der Waals surface area contributed by atoms with Gasteiger partial charge in [-0.1, -0.05) is 6.92 Å². The van der Waals surface area contributed by atoms with Crippen molar-refractivity contribution in [2.75, 3.05) is 44.3 Å². The lowest BCUT2D eigenvalue weighted by Crippen LogP contribution is -2.35. The van der Waals surface area contributed by atoms with Crippen LogP contribution in [-0.2, 0) is 0 Å². The Morgan fingerprint density at radius 2 is 2.16 bits per heavy atom. The third-order valence-corrected chi connectivity index (χ3v) is 3.75. The third kappa shape index (κ3) is 3.47. The molecule has 0 atom stereocenters. The molecule has 0 bridgehead atoms. The van der Waals surface area contributed by atoms with Crippen molar-refractivity contribution in [3.8, 4) is 5.88 Å². The predicted octanol–water partition coefficient (Wildman–Crippen LogP) is 1.21. The van der Waals surface area contributed by atoms with Gasteiger partial charge in [0.15, 0.2) is 5.82 Å². The van der Waals surface area contributed by atoms with E-state index in [4.69, 9.17) is 10.5 Å². The number of nitrogens with two attached hydrogens (primary N) is 1. The van der Waals surface area contributed by atoms with Gasteiger partial charge in [0.25, 0.3) is 0 Å². The van der Waals surface area contributed by atoms with Crippen LogP contribution in [0.2, 0.25) is 0 Å². The van der Waals surface area contributed by atoms with Crippen LogP contribution in [0.1, 0.15) is 19.8 Å². The number of nitrogen functional groups attached to an aromatic ring is 1. The van der Waals surface area contributed by atoms with Crippen LogP contribution in [0.4, 0.5) is 11.5 Å². The van der Waals surface area contributed by atoms with E-state index in [1.807, 2.05) is 0 Å². The van der Waals surface area contributed by atoms with E-state index in [2.05, 4.69) is 27.1 Å². The number of likely N-dealkylation sites (tertiary alicyclic amines) is 1. The van der Waals surface area contributed by atoms with Crippen LogP contribution in [0.3, 0.4) is 0 Å². The molecular weight excluding hydrogens is 242 g/mol. The number of hydrogen-bond acceptors (Lipinski definition) is 6. The number of anilines is 2. The fourth-order valence-electron chi connectivity index (χ4n) is 2.43. The Balaban J connectivity index is 1.86. The molecule has 19 heavy (non-hydrogen) atoms. The highest BCUT2D eigenvalue weighted by Gasteiger charge is 2.18. The van der Waals surface area contributed by atoms with Gasteiger partial charge >= 0.3 is 0 Å². The molecule has 0 aromatic carbocycles. The zero-order chi connectivity index (χ0) is 13.7. The van der Waals surface area contributed by atoms with Crippen molar-refractivity contribution in [3.63, 3.8) is 0 Å². The lowest BCUT2D eigenvalue weighted by atomic mass is 9.97. The molecule has 1 aliphatic rings. The number of rotatable bonds is 5. The van der Waals surface area contributed by atoms with E-state index in [0.717, 1.165) is 13.1 Å². The van der Waals surface area contributed by atoms with Gasteiger partial charge in [-0.2, -0.15) is 4.98 Å². The zero-order valence-corrected chi connectivity index (χ0v) is 11.7. The van der Waals surface area contributed by atoms with E-state index in [0.29, 0.717) is 23.3 Å². The minimum atomic E-state index is 0.429. The number of nitrogens with one attached hydrogen (secondary N) is 1. The first-order chi connectivity index (χ1) is 9.24. The van der Waals surface area contributed by atoms with Crippen LogP contribution in [0.25, 0.3) is 0 Å². The molecule has 106 valence electrons. The molecule has 0 spiro atoms. The van der Waals surface area contributed by atoms with Crippen LogP contribution in [-0.4, -0.2) is 48.2 Å². The van der Waals surface area contributed by atoms with E-state index in [1.54, 1.807) is 7.11 Å². The topological polar surface area (TPSA) is 76.3 Å². The van der Waals surface area contributed by atoms with Gasteiger partial charge in [0, 0.05) is 6.54 Å². The number of methoxy groups -OCH3 is 1. The number of hydrogen-bond donors (Lipinski definition) is 2. The summed E-state index contributed by atoms with van der Waals surface area (Å²) in [5, 5.41) is 3.32. The third-order valence-electron chi connectivity index (χ3n) is 3.75. The zero-order valence-electron chi connectivity index (χ0n) is 11.7. The first-order valence-electron chi connectivity index (χ1n) is 6.85. The van der Waals surface area contributed by atoms with E-state index in [9.17, 15) is 0 Å². The van der Waals surface area contributed by atoms with Gasteiger partial charge in [0.05, 0.1) is 7.11 Å². The maximum Gasteiger partial charge on any atom is 0.242 e. The molecule has 6 nitrogen and oxygen atoms in total. The molecule has 2 rings (SSSR count). The molecule has 1 saturated heterocycles. The summed E-state index contributed by atoms with van der Waals surface area (Å²) >= 11 is 0. The highest BCUT2D eigenvalue weighted by atomic mass is 16.5. The summed E-state index contributed by atoms with van der Waals surface area (Å²) in [4.78, 5) is 10.6. The molecule has 0 aliphatic carbocycles. The highest BCUT2D eigenvalue weighted by Crippen LogP contribution is 2.25. The SMILES string of the molecule is CCN1CCC(CNc2ncnc(OC)c2N)CC1. The summed E-state index contributed by atoms with van der Waals surface area (Å²) in [6.45, 7) is 6.64. The first kappa shape index (κ1) is 13.9. The first-order valence-corrected chi connectivity index (χ1v) is 6.85. The summed E-state index contributed by atoms with van der Waals surface area (Å²) in [5.41, 5.74) is 6.41. The van der Waals surface area contributed by atoms with Crippen molar-refractivity contribution in [1.82, 2.24) is 14.9 Å². The molecule has 6 heteroatoms. The van der Waals surface area contributed by atoms with Crippen LogP contribution >= 0.6 is 0 Å². The molecular formula is C13H23N5O. The minimum absolute atomic E-state index is 0.429. The van der Waals surface area contributed by atoms with Gasteiger partial charge in [-0.05, 0) is 38.4 Å². The van der Waals surface area contributed by atoms with Crippen molar-refractivity contribution in [2.45, 2.75) is 19.8 Å².